The van der Waals surface area contributed by atoms with E-state index >= 15 is 0 Å². The molecule has 0 bridgehead atoms. The van der Waals surface area contributed by atoms with E-state index in [0.29, 0.717) is 41.5 Å². The minimum absolute atomic E-state index is 0.235. The number of likely N-dealkylation sites (N-methyl/N-ethyl adjacent to an activating group) is 1. The molecular formula is C21H22N2O4. The molecule has 0 unspecified atom stereocenters. The molecule has 140 valence electrons. The van der Waals surface area contributed by atoms with Gasteiger partial charge in [0.05, 0.1) is 24.5 Å². The first-order valence-corrected chi connectivity index (χ1v) is 8.85. The van der Waals surface area contributed by atoms with Gasteiger partial charge >= 0.3 is 0 Å². The standard InChI is InChI=1S/C21H22N2O4/c1-4-26-15-12-10-14(11-13-15)18-19(21(25)23(3)20(18)24)22-16-8-6-7-9-17(16)27-5-2/h6-13,22H,4-5H2,1-3H3. The topological polar surface area (TPSA) is 67.9 Å². The first kappa shape index (κ1) is 18.5. The number of nitrogens with one attached hydrogen (secondary N) is 1. The molecule has 2 amide bonds. The van der Waals surface area contributed by atoms with Gasteiger partial charge in [-0.2, -0.15) is 0 Å². The minimum Gasteiger partial charge on any atom is -0.494 e. The van der Waals surface area contributed by atoms with Gasteiger partial charge in [-0.1, -0.05) is 24.3 Å². The molecule has 2 aromatic carbocycles. The van der Waals surface area contributed by atoms with Gasteiger partial charge in [0.25, 0.3) is 11.8 Å². The van der Waals surface area contributed by atoms with E-state index in [1.54, 1.807) is 24.3 Å². The van der Waals surface area contributed by atoms with E-state index in [1.807, 2.05) is 38.1 Å². The maximum atomic E-state index is 12.7. The van der Waals surface area contributed by atoms with Crippen molar-refractivity contribution in [3.05, 3.63) is 59.8 Å². The van der Waals surface area contributed by atoms with Crippen molar-refractivity contribution in [2.45, 2.75) is 13.8 Å². The number of carbonyl (C=O) groups excluding carboxylic acids is 2. The van der Waals surface area contributed by atoms with Crippen LogP contribution in [0.25, 0.3) is 5.57 Å². The van der Waals surface area contributed by atoms with Crippen LogP contribution in [0.15, 0.2) is 54.2 Å². The van der Waals surface area contributed by atoms with Gasteiger partial charge in [0, 0.05) is 7.05 Å². The van der Waals surface area contributed by atoms with Gasteiger partial charge in [0.2, 0.25) is 0 Å². The van der Waals surface area contributed by atoms with Crippen molar-refractivity contribution in [3.8, 4) is 11.5 Å². The van der Waals surface area contributed by atoms with E-state index in [-0.39, 0.29) is 17.5 Å². The summed E-state index contributed by atoms with van der Waals surface area (Å²) in [6, 6.07) is 14.4. The third-order valence-corrected chi connectivity index (χ3v) is 4.19. The highest BCUT2D eigenvalue weighted by Crippen LogP contribution is 2.33. The van der Waals surface area contributed by atoms with Crippen molar-refractivity contribution in [3.63, 3.8) is 0 Å². The van der Waals surface area contributed by atoms with Crippen LogP contribution in [-0.2, 0) is 9.59 Å². The Balaban J connectivity index is 2.03. The Kier molecular flexibility index (Phi) is 5.45. The molecule has 0 aromatic heterocycles. The summed E-state index contributed by atoms with van der Waals surface area (Å²) in [5.74, 6) is 0.604. The van der Waals surface area contributed by atoms with E-state index < -0.39 is 0 Å². The predicted octanol–water partition coefficient (Wildman–Crippen LogP) is 3.31. The summed E-state index contributed by atoms with van der Waals surface area (Å²) in [4.78, 5) is 26.5. The van der Waals surface area contributed by atoms with Gasteiger partial charge in [0.15, 0.2) is 0 Å². The number of nitrogens with zero attached hydrogens (tertiary/aromatic N) is 1. The summed E-state index contributed by atoms with van der Waals surface area (Å²) in [7, 11) is 1.47. The molecule has 6 heteroatoms. The summed E-state index contributed by atoms with van der Waals surface area (Å²) in [5.41, 5.74) is 1.85. The lowest BCUT2D eigenvalue weighted by Gasteiger charge is -2.13. The Labute approximate surface area is 158 Å². The highest BCUT2D eigenvalue weighted by Gasteiger charge is 2.37. The number of amides is 2. The number of carbonyl (C=O) groups is 2. The van der Waals surface area contributed by atoms with Crippen LogP contribution in [0.3, 0.4) is 0 Å². The van der Waals surface area contributed by atoms with Crippen LogP contribution in [0, 0.1) is 0 Å². The largest absolute Gasteiger partial charge is 0.494 e. The Morgan fingerprint density at radius 3 is 2.22 bits per heavy atom. The Morgan fingerprint density at radius 2 is 1.56 bits per heavy atom. The molecule has 1 N–H and O–H groups in total. The molecule has 0 saturated carbocycles. The van der Waals surface area contributed by atoms with Crippen LogP contribution < -0.4 is 14.8 Å². The monoisotopic (exact) mass is 366 g/mol. The second-order valence-corrected chi connectivity index (χ2v) is 5.93. The molecule has 0 saturated heterocycles. The number of anilines is 1. The fourth-order valence-electron chi connectivity index (χ4n) is 2.90. The molecule has 6 nitrogen and oxygen atoms in total. The van der Waals surface area contributed by atoms with Crippen molar-refractivity contribution in [1.82, 2.24) is 4.90 Å². The van der Waals surface area contributed by atoms with Gasteiger partial charge in [-0.05, 0) is 43.7 Å². The van der Waals surface area contributed by atoms with Crippen LogP contribution in [0.2, 0.25) is 0 Å². The number of hydrogen-bond donors (Lipinski definition) is 1. The molecule has 1 aliphatic rings. The Morgan fingerprint density at radius 1 is 0.889 bits per heavy atom. The zero-order valence-corrected chi connectivity index (χ0v) is 15.6. The number of para-hydroxylation sites is 2. The average Bonchev–Trinajstić information content (AvgIpc) is 2.88. The quantitative estimate of drug-likeness (QED) is 0.762. The zero-order chi connectivity index (χ0) is 19.4. The van der Waals surface area contributed by atoms with Crippen LogP contribution in [0.4, 0.5) is 5.69 Å². The van der Waals surface area contributed by atoms with Gasteiger partial charge < -0.3 is 14.8 Å². The number of ether oxygens (including phenoxy) is 2. The van der Waals surface area contributed by atoms with E-state index in [9.17, 15) is 9.59 Å². The summed E-state index contributed by atoms with van der Waals surface area (Å²) in [6.07, 6.45) is 0. The van der Waals surface area contributed by atoms with E-state index in [2.05, 4.69) is 5.32 Å². The first-order chi connectivity index (χ1) is 13.1. The first-order valence-electron chi connectivity index (χ1n) is 8.85. The number of rotatable bonds is 7. The minimum atomic E-state index is -0.379. The SMILES string of the molecule is CCOc1ccc(C2=C(Nc3ccccc3OCC)C(=O)N(C)C2=O)cc1. The van der Waals surface area contributed by atoms with E-state index in [0.717, 1.165) is 4.90 Å². The smallest absolute Gasteiger partial charge is 0.277 e. The molecule has 27 heavy (non-hydrogen) atoms. The third-order valence-electron chi connectivity index (χ3n) is 4.19. The molecule has 0 atom stereocenters. The fourth-order valence-corrected chi connectivity index (χ4v) is 2.90. The molecule has 0 spiro atoms. The van der Waals surface area contributed by atoms with Crippen LogP contribution in [-0.4, -0.2) is 37.0 Å². The molecule has 2 aromatic rings. The summed E-state index contributed by atoms with van der Waals surface area (Å²) in [5, 5.41) is 3.10. The Bertz CT molecular complexity index is 887. The maximum Gasteiger partial charge on any atom is 0.277 e. The molecule has 0 radical (unpaired) electrons. The maximum absolute atomic E-state index is 12.7. The summed E-state index contributed by atoms with van der Waals surface area (Å²) < 4.78 is 11.1. The van der Waals surface area contributed by atoms with Crippen LogP contribution in [0.1, 0.15) is 19.4 Å². The number of benzene rings is 2. The fraction of sp³-hybridized carbons (Fsp3) is 0.238. The second kappa shape index (κ2) is 7.95. The molecular weight excluding hydrogens is 344 g/mol. The lowest BCUT2D eigenvalue weighted by atomic mass is 10.0. The van der Waals surface area contributed by atoms with Crippen LogP contribution in [0.5, 0.6) is 11.5 Å². The second-order valence-electron chi connectivity index (χ2n) is 5.93. The number of hydrogen-bond acceptors (Lipinski definition) is 5. The van der Waals surface area contributed by atoms with Gasteiger partial charge in [0.1, 0.15) is 17.2 Å². The van der Waals surface area contributed by atoms with Crippen molar-refractivity contribution < 1.29 is 19.1 Å². The van der Waals surface area contributed by atoms with Gasteiger partial charge in [-0.3, -0.25) is 14.5 Å². The lowest BCUT2D eigenvalue weighted by Crippen LogP contribution is -2.28. The number of imide groups is 1. The van der Waals surface area contributed by atoms with Crippen molar-refractivity contribution in [2.75, 3.05) is 25.6 Å². The molecule has 0 fully saturated rings. The Hall–Kier alpha value is -3.28. The average molecular weight is 366 g/mol. The molecule has 3 rings (SSSR count). The summed E-state index contributed by atoms with van der Waals surface area (Å²) >= 11 is 0. The van der Waals surface area contributed by atoms with Crippen LogP contribution >= 0.6 is 0 Å². The third kappa shape index (κ3) is 3.65. The highest BCUT2D eigenvalue weighted by atomic mass is 16.5. The normalized spacial score (nSPS) is 14.0. The lowest BCUT2D eigenvalue weighted by molar-refractivity contribution is -0.135. The van der Waals surface area contributed by atoms with Crippen molar-refractivity contribution in [1.29, 1.82) is 0 Å². The molecule has 1 heterocycles. The van der Waals surface area contributed by atoms with E-state index in [1.165, 1.54) is 7.05 Å². The summed E-state index contributed by atoms with van der Waals surface area (Å²) in [6.45, 7) is 4.85. The van der Waals surface area contributed by atoms with Crippen molar-refractivity contribution >= 4 is 23.1 Å². The predicted molar refractivity (Wildman–Crippen MR) is 104 cm³/mol. The van der Waals surface area contributed by atoms with E-state index in [4.69, 9.17) is 9.47 Å². The molecule has 1 aliphatic heterocycles. The molecule has 0 aliphatic carbocycles. The van der Waals surface area contributed by atoms with Crippen molar-refractivity contribution in [2.24, 2.45) is 0 Å². The van der Waals surface area contributed by atoms with Gasteiger partial charge in [-0.15, -0.1) is 0 Å². The van der Waals surface area contributed by atoms with Gasteiger partial charge in [-0.25, -0.2) is 0 Å². The highest BCUT2D eigenvalue weighted by molar-refractivity contribution is 6.36. The zero-order valence-electron chi connectivity index (χ0n) is 15.6.